The van der Waals surface area contributed by atoms with E-state index in [9.17, 15) is 18.0 Å². The van der Waals surface area contributed by atoms with Crippen molar-refractivity contribution < 1.29 is 22.7 Å². The molecule has 2 aliphatic heterocycles. The van der Waals surface area contributed by atoms with Gasteiger partial charge in [-0.2, -0.15) is 4.31 Å². The molecule has 0 unspecified atom stereocenters. The van der Waals surface area contributed by atoms with Crippen molar-refractivity contribution >= 4 is 43.5 Å². The Bertz CT molecular complexity index is 1410. The van der Waals surface area contributed by atoms with Crippen molar-refractivity contribution in [1.82, 2.24) is 9.62 Å². The topological polar surface area (TPSA) is 96.0 Å². The van der Waals surface area contributed by atoms with Crippen molar-refractivity contribution in [3.63, 3.8) is 0 Å². The molecule has 1 atom stereocenters. The van der Waals surface area contributed by atoms with Gasteiger partial charge >= 0.3 is 0 Å². The number of piperidine rings is 1. The Balaban J connectivity index is 1.26. The molecule has 0 saturated carbocycles. The standard InChI is InChI=1S/C28H28BrN3O5S/c29-22-10-12-23(13-11-22)38(35,36)31-16-14-21(15-17-31)28(34)32-19-26(37-25-9-5-4-8-24(25)32)27(33)30-18-20-6-2-1-3-7-20/h1-13,21,26H,14-19H2,(H,30,33)/t26-/m0/s1. The van der Waals surface area contributed by atoms with Gasteiger partial charge in [0.25, 0.3) is 5.91 Å². The van der Waals surface area contributed by atoms with Crippen LogP contribution in [0.3, 0.4) is 0 Å². The van der Waals surface area contributed by atoms with Crippen LogP contribution in [0.1, 0.15) is 18.4 Å². The quantitative estimate of drug-likeness (QED) is 0.464. The Hall–Kier alpha value is -3.21. The molecule has 1 N–H and O–H groups in total. The number of nitrogens with one attached hydrogen (secondary N) is 1. The molecule has 0 aliphatic carbocycles. The molecule has 198 valence electrons. The molecule has 2 aliphatic rings. The van der Waals surface area contributed by atoms with Gasteiger partial charge in [0.05, 0.1) is 17.1 Å². The number of carbonyl (C=O) groups excluding carboxylic acids is 2. The van der Waals surface area contributed by atoms with Gasteiger partial charge in [-0.1, -0.05) is 58.4 Å². The van der Waals surface area contributed by atoms with Crippen molar-refractivity contribution in [2.24, 2.45) is 5.92 Å². The predicted molar refractivity (Wildman–Crippen MR) is 147 cm³/mol. The molecular weight excluding hydrogens is 570 g/mol. The highest BCUT2D eigenvalue weighted by Crippen LogP contribution is 2.36. The number of carbonyl (C=O) groups is 2. The summed E-state index contributed by atoms with van der Waals surface area (Å²) in [6.07, 6.45) is -0.0479. The number of hydrogen-bond donors (Lipinski definition) is 1. The molecule has 3 aromatic rings. The summed E-state index contributed by atoms with van der Waals surface area (Å²) in [6, 6.07) is 23.3. The first-order valence-electron chi connectivity index (χ1n) is 12.5. The minimum Gasteiger partial charge on any atom is -0.477 e. The fourth-order valence-electron chi connectivity index (χ4n) is 4.80. The van der Waals surface area contributed by atoms with Crippen molar-refractivity contribution in [1.29, 1.82) is 0 Å². The maximum atomic E-state index is 13.7. The van der Waals surface area contributed by atoms with E-state index < -0.39 is 16.1 Å². The zero-order valence-electron chi connectivity index (χ0n) is 20.6. The van der Waals surface area contributed by atoms with Crippen LogP contribution in [-0.4, -0.2) is 50.3 Å². The van der Waals surface area contributed by atoms with Crippen molar-refractivity contribution in [2.45, 2.75) is 30.4 Å². The van der Waals surface area contributed by atoms with E-state index in [0.717, 1.165) is 10.0 Å². The summed E-state index contributed by atoms with van der Waals surface area (Å²) in [6.45, 7) is 0.956. The van der Waals surface area contributed by atoms with Crippen molar-refractivity contribution in [3.05, 3.63) is 88.9 Å². The fraction of sp³-hybridized carbons (Fsp3) is 0.286. The Morgan fingerprint density at radius 3 is 2.29 bits per heavy atom. The molecule has 0 spiro atoms. The van der Waals surface area contributed by atoms with Gasteiger partial charge in [0.15, 0.2) is 6.10 Å². The van der Waals surface area contributed by atoms with Gasteiger partial charge in [0.1, 0.15) is 5.75 Å². The van der Waals surface area contributed by atoms with Gasteiger partial charge in [0.2, 0.25) is 15.9 Å². The molecule has 5 rings (SSSR count). The zero-order chi connectivity index (χ0) is 26.7. The highest BCUT2D eigenvalue weighted by Gasteiger charge is 2.39. The monoisotopic (exact) mass is 597 g/mol. The SMILES string of the molecule is O=C(NCc1ccccc1)[C@@H]1CN(C(=O)C2CCN(S(=O)(=O)c3ccc(Br)cc3)CC2)c2ccccc2O1. The van der Waals surface area contributed by atoms with E-state index in [2.05, 4.69) is 21.2 Å². The zero-order valence-corrected chi connectivity index (χ0v) is 23.0. The van der Waals surface area contributed by atoms with Crippen LogP contribution in [0.4, 0.5) is 5.69 Å². The molecule has 1 fully saturated rings. The molecule has 2 heterocycles. The summed E-state index contributed by atoms with van der Waals surface area (Å²) >= 11 is 3.33. The third-order valence-corrected chi connectivity index (χ3v) is 9.34. The molecule has 8 nitrogen and oxygen atoms in total. The molecule has 10 heteroatoms. The molecule has 0 bridgehead atoms. The van der Waals surface area contributed by atoms with Crippen LogP contribution in [0.25, 0.3) is 0 Å². The van der Waals surface area contributed by atoms with Crippen LogP contribution in [0.15, 0.2) is 88.2 Å². The third kappa shape index (κ3) is 5.62. The summed E-state index contributed by atoms with van der Waals surface area (Å²) in [5, 5.41) is 2.90. The number of hydrogen-bond acceptors (Lipinski definition) is 5. The first kappa shape index (κ1) is 26.4. The Morgan fingerprint density at radius 1 is 0.921 bits per heavy atom. The van der Waals surface area contributed by atoms with E-state index in [1.807, 2.05) is 36.4 Å². The van der Waals surface area contributed by atoms with Crippen LogP contribution in [0.2, 0.25) is 0 Å². The number of rotatable bonds is 6. The van der Waals surface area contributed by atoms with E-state index in [0.29, 0.717) is 30.8 Å². The lowest BCUT2D eigenvalue weighted by atomic mass is 9.95. The second-order valence-corrected chi connectivity index (χ2v) is 12.2. The van der Waals surface area contributed by atoms with Crippen LogP contribution >= 0.6 is 15.9 Å². The van der Waals surface area contributed by atoms with Gasteiger partial charge in [-0.25, -0.2) is 8.42 Å². The number of anilines is 1. The van der Waals surface area contributed by atoms with Crippen molar-refractivity contribution in [2.75, 3.05) is 24.5 Å². The van der Waals surface area contributed by atoms with Crippen molar-refractivity contribution in [3.8, 4) is 5.75 Å². The minimum absolute atomic E-state index is 0.0911. The van der Waals surface area contributed by atoms with Crippen LogP contribution < -0.4 is 15.0 Å². The second kappa shape index (κ2) is 11.3. The highest BCUT2D eigenvalue weighted by atomic mass is 79.9. The lowest BCUT2D eigenvalue weighted by Gasteiger charge is -2.38. The van der Waals surface area contributed by atoms with E-state index in [-0.39, 0.29) is 42.3 Å². The maximum absolute atomic E-state index is 13.7. The Kier molecular flexibility index (Phi) is 7.83. The minimum atomic E-state index is -3.64. The normalized spacial score (nSPS) is 18.3. The van der Waals surface area contributed by atoms with Crippen LogP contribution in [0.5, 0.6) is 5.75 Å². The van der Waals surface area contributed by atoms with E-state index in [1.54, 1.807) is 47.4 Å². The average Bonchev–Trinajstić information content (AvgIpc) is 2.95. The lowest BCUT2D eigenvalue weighted by molar-refractivity contribution is -0.129. The van der Waals surface area contributed by atoms with Gasteiger partial charge in [0, 0.05) is 30.0 Å². The van der Waals surface area contributed by atoms with E-state index in [1.165, 1.54) is 4.31 Å². The summed E-state index contributed by atoms with van der Waals surface area (Å²) < 4.78 is 34.4. The number of amides is 2. The Morgan fingerprint density at radius 2 is 1.58 bits per heavy atom. The number of halogens is 1. The lowest BCUT2D eigenvalue weighted by Crippen LogP contribution is -2.53. The first-order chi connectivity index (χ1) is 18.3. The smallest absolute Gasteiger partial charge is 0.263 e. The molecule has 0 aromatic heterocycles. The fourth-order valence-corrected chi connectivity index (χ4v) is 6.53. The summed E-state index contributed by atoms with van der Waals surface area (Å²) in [5.74, 6) is -0.299. The Labute approximate surface area is 230 Å². The summed E-state index contributed by atoms with van der Waals surface area (Å²) in [4.78, 5) is 28.5. The molecule has 38 heavy (non-hydrogen) atoms. The number of sulfonamides is 1. The molecular formula is C28H28BrN3O5S. The summed E-state index contributed by atoms with van der Waals surface area (Å²) in [7, 11) is -3.64. The molecule has 1 saturated heterocycles. The van der Waals surface area contributed by atoms with E-state index in [4.69, 9.17) is 4.74 Å². The number of nitrogens with zero attached hydrogens (tertiary/aromatic N) is 2. The highest BCUT2D eigenvalue weighted by molar-refractivity contribution is 9.10. The molecule has 2 amide bonds. The maximum Gasteiger partial charge on any atom is 0.263 e. The number of benzene rings is 3. The number of fused-ring (bicyclic) bond motifs is 1. The number of para-hydroxylation sites is 2. The molecule has 0 radical (unpaired) electrons. The van der Waals surface area contributed by atoms with Crippen LogP contribution in [0, 0.1) is 5.92 Å². The largest absolute Gasteiger partial charge is 0.477 e. The summed E-state index contributed by atoms with van der Waals surface area (Å²) in [5.41, 5.74) is 1.59. The van der Waals surface area contributed by atoms with E-state index >= 15 is 0 Å². The third-order valence-electron chi connectivity index (χ3n) is 6.90. The van der Waals surface area contributed by atoms with Crippen LogP contribution in [-0.2, 0) is 26.2 Å². The second-order valence-electron chi connectivity index (χ2n) is 9.36. The first-order valence-corrected chi connectivity index (χ1v) is 14.7. The predicted octanol–water partition coefficient (Wildman–Crippen LogP) is 3.96. The van der Waals surface area contributed by atoms with Gasteiger partial charge in [-0.15, -0.1) is 0 Å². The van der Waals surface area contributed by atoms with Gasteiger partial charge < -0.3 is 15.0 Å². The average molecular weight is 599 g/mol. The molecule has 3 aromatic carbocycles. The van der Waals surface area contributed by atoms with Gasteiger partial charge in [-0.05, 0) is 54.8 Å². The number of ether oxygens (including phenoxy) is 1. The van der Waals surface area contributed by atoms with Gasteiger partial charge in [-0.3, -0.25) is 9.59 Å².